The van der Waals surface area contributed by atoms with Crippen molar-refractivity contribution in [1.29, 1.82) is 0 Å². The van der Waals surface area contributed by atoms with Gasteiger partial charge in [-0.3, -0.25) is 9.36 Å². The van der Waals surface area contributed by atoms with Crippen molar-refractivity contribution in [1.82, 2.24) is 14.8 Å². The van der Waals surface area contributed by atoms with Gasteiger partial charge in [0.25, 0.3) is 0 Å². The van der Waals surface area contributed by atoms with Gasteiger partial charge in [0.05, 0.1) is 11.4 Å². The molecule has 1 aromatic heterocycles. The molecule has 0 radical (unpaired) electrons. The number of ether oxygens (including phenoxy) is 1. The Kier molecular flexibility index (Phi) is 6.76. The fraction of sp³-hybridized carbons (Fsp3) is 0.0870. The van der Waals surface area contributed by atoms with Crippen molar-refractivity contribution < 1.29 is 18.3 Å². The summed E-state index contributed by atoms with van der Waals surface area (Å²) < 4.78 is 31.5. The number of benzene rings is 3. The first-order chi connectivity index (χ1) is 15.6. The Morgan fingerprint density at radius 3 is 2.31 bits per heavy atom. The van der Waals surface area contributed by atoms with Crippen LogP contribution in [0.15, 0.2) is 90.1 Å². The lowest BCUT2D eigenvalue weighted by Crippen LogP contribution is -2.16. The predicted molar refractivity (Wildman–Crippen MR) is 119 cm³/mol. The van der Waals surface area contributed by atoms with Crippen LogP contribution in [0.25, 0.3) is 17.1 Å². The van der Waals surface area contributed by atoms with E-state index in [0.717, 1.165) is 11.3 Å². The SMILES string of the molecule is O=C(CSc1nnc(-c2ccccc2)n1-c1ccccc1)Nc1ccccc1OC(F)F. The molecule has 0 unspecified atom stereocenters. The lowest BCUT2D eigenvalue weighted by Gasteiger charge is -2.12. The summed E-state index contributed by atoms with van der Waals surface area (Å²) in [5, 5.41) is 11.7. The molecular weight excluding hydrogens is 434 g/mol. The van der Waals surface area contributed by atoms with E-state index >= 15 is 0 Å². The van der Waals surface area contributed by atoms with Crippen LogP contribution in [-0.2, 0) is 4.79 Å². The molecule has 162 valence electrons. The number of hydrogen-bond acceptors (Lipinski definition) is 5. The number of carbonyl (C=O) groups excluding carboxylic acids is 1. The molecule has 9 heteroatoms. The Bertz CT molecular complexity index is 1190. The molecule has 0 saturated heterocycles. The van der Waals surface area contributed by atoms with E-state index in [-0.39, 0.29) is 23.1 Å². The zero-order valence-electron chi connectivity index (χ0n) is 16.7. The summed E-state index contributed by atoms with van der Waals surface area (Å²) in [5.74, 6) is 0.169. The maximum absolute atomic E-state index is 12.6. The van der Waals surface area contributed by atoms with Crippen LogP contribution in [0.1, 0.15) is 0 Å². The number of alkyl halides is 2. The highest BCUT2D eigenvalue weighted by molar-refractivity contribution is 7.99. The van der Waals surface area contributed by atoms with Gasteiger partial charge >= 0.3 is 6.61 Å². The molecule has 1 amide bonds. The second kappa shape index (κ2) is 10.1. The number of anilines is 1. The van der Waals surface area contributed by atoms with Crippen molar-refractivity contribution in [3.8, 4) is 22.8 Å². The van der Waals surface area contributed by atoms with Gasteiger partial charge in [0, 0.05) is 11.3 Å². The van der Waals surface area contributed by atoms with Gasteiger partial charge in [-0.1, -0.05) is 72.4 Å². The van der Waals surface area contributed by atoms with E-state index in [1.165, 1.54) is 23.9 Å². The summed E-state index contributed by atoms with van der Waals surface area (Å²) in [7, 11) is 0. The quantitative estimate of drug-likeness (QED) is 0.369. The third-order valence-electron chi connectivity index (χ3n) is 4.39. The topological polar surface area (TPSA) is 69.0 Å². The molecule has 3 aromatic carbocycles. The van der Waals surface area contributed by atoms with Crippen molar-refractivity contribution in [2.75, 3.05) is 11.1 Å². The highest BCUT2D eigenvalue weighted by atomic mass is 32.2. The minimum absolute atomic E-state index is 0.00275. The van der Waals surface area contributed by atoms with Crippen molar-refractivity contribution in [3.05, 3.63) is 84.9 Å². The van der Waals surface area contributed by atoms with Crippen LogP contribution >= 0.6 is 11.8 Å². The molecule has 0 bridgehead atoms. The zero-order valence-corrected chi connectivity index (χ0v) is 17.5. The van der Waals surface area contributed by atoms with Gasteiger partial charge in [-0.25, -0.2) is 0 Å². The van der Waals surface area contributed by atoms with E-state index in [2.05, 4.69) is 20.3 Å². The smallest absolute Gasteiger partial charge is 0.387 e. The molecule has 0 saturated carbocycles. The van der Waals surface area contributed by atoms with Crippen LogP contribution in [-0.4, -0.2) is 33.0 Å². The number of thioether (sulfide) groups is 1. The van der Waals surface area contributed by atoms with E-state index in [0.29, 0.717) is 11.0 Å². The average molecular weight is 452 g/mol. The van der Waals surface area contributed by atoms with E-state index < -0.39 is 6.61 Å². The maximum Gasteiger partial charge on any atom is 0.387 e. The number of amides is 1. The molecule has 0 aliphatic carbocycles. The first kappa shape index (κ1) is 21.5. The van der Waals surface area contributed by atoms with E-state index in [4.69, 9.17) is 0 Å². The Hall–Kier alpha value is -3.72. The second-order valence-electron chi connectivity index (χ2n) is 6.55. The molecule has 0 aliphatic rings. The highest BCUT2D eigenvalue weighted by Gasteiger charge is 2.18. The Morgan fingerprint density at radius 1 is 0.938 bits per heavy atom. The Labute approximate surface area is 187 Å². The normalized spacial score (nSPS) is 10.8. The Balaban J connectivity index is 1.54. The molecule has 4 aromatic rings. The molecule has 0 fully saturated rings. The number of hydrogen-bond donors (Lipinski definition) is 1. The molecule has 32 heavy (non-hydrogen) atoms. The van der Waals surface area contributed by atoms with Gasteiger partial charge in [-0.2, -0.15) is 8.78 Å². The van der Waals surface area contributed by atoms with Crippen molar-refractivity contribution in [3.63, 3.8) is 0 Å². The Morgan fingerprint density at radius 2 is 1.59 bits per heavy atom. The molecule has 1 N–H and O–H groups in total. The summed E-state index contributed by atoms with van der Waals surface area (Å²) in [6.45, 7) is -2.98. The lowest BCUT2D eigenvalue weighted by molar-refractivity contribution is -0.113. The van der Waals surface area contributed by atoms with E-state index in [1.54, 1.807) is 12.1 Å². The fourth-order valence-electron chi connectivity index (χ4n) is 3.03. The van der Waals surface area contributed by atoms with Gasteiger partial charge in [-0.05, 0) is 24.3 Å². The van der Waals surface area contributed by atoms with Gasteiger partial charge in [-0.15, -0.1) is 10.2 Å². The molecule has 0 atom stereocenters. The number of halogens is 2. The summed E-state index contributed by atoms with van der Waals surface area (Å²) in [6, 6.07) is 25.2. The monoisotopic (exact) mass is 452 g/mol. The zero-order chi connectivity index (χ0) is 22.3. The summed E-state index contributed by atoms with van der Waals surface area (Å²) in [5.41, 5.74) is 1.92. The maximum atomic E-state index is 12.6. The van der Waals surface area contributed by atoms with Crippen molar-refractivity contribution in [2.24, 2.45) is 0 Å². The largest absolute Gasteiger partial charge is 0.433 e. The van der Waals surface area contributed by atoms with Crippen LogP contribution in [0.5, 0.6) is 5.75 Å². The second-order valence-corrected chi connectivity index (χ2v) is 7.50. The minimum Gasteiger partial charge on any atom is -0.433 e. The molecular formula is C23H18F2N4O2S. The number of nitrogens with zero attached hydrogens (tertiary/aromatic N) is 3. The van der Waals surface area contributed by atoms with Gasteiger partial charge < -0.3 is 10.1 Å². The molecule has 0 spiro atoms. The first-order valence-corrected chi connectivity index (χ1v) is 10.6. The van der Waals surface area contributed by atoms with Crippen LogP contribution in [0, 0.1) is 0 Å². The molecule has 4 rings (SSSR count). The summed E-state index contributed by atoms with van der Waals surface area (Å²) >= 11 is 1.19. The lowest BCUT2D eigenvalue weighted by atomic mass is 10.2. The molecule has 1 heterocycles. The first-order valence-electron chi connectivity index (χ1n) is 9.64. The van der Waals surface area contributed by atoms with Crippen molar-refractivity contribution in [2.45, 2.75) is 11.8 Å². The molecule has 0 aliphatic heterocycles. The standard InChI is InChI=1S/C23H18F2N4O2S/c24-22(25)31-19-14-8-7-13-18(19)26-20(30)15-32-23-28-27-21(16-9-3-1-4-10-16)29(23)17-11-5-2-6-12-17/h1-14,22H,15H2,(H,26,30). The van der Waals surface area contributed by atoms with E-state index in [1.807, 2.05) is 65.2 Å². The van der Waals surface area contributed by atoms with Crippen LogP contribution in [0.2, 0.25) is 0 Å². The van der Waals surface area contributed by atoms with E-state index in [9.17, 15) is 13.6 Å². The van der Waals surface area contributed by atoms with Crippen LogP contribution in [0.4, 0.5) is 14.5 Å². The fourth-order valence-corrected chi connectivity index (χ4v) is 3.78. The molecule has 6 nitrogen and oxygen atoms in total. The number of carbonyl (C=O) groups is 1. The minimum atomic E-state index is -2.98. The number of nitrogens with one attached hydrogen (secondary N) is 1. The van der Waals surface area contributed by atoms with Gasteiger partial charge in [0.15, 0.2) is 11.0 Å². The van der Waals surface area contributed by atoms with Gasteiger partial charge in [0.2, 0.25) is 5.91 Å². The number of para-hydroxylation sites is 3. The van der Waals surface area contributed by atoms with Crippen molar-refractivity contribution >= 4 is 23.4 Å². The summed E-state index contributed by atoms with van der Waals surface area (Å²) in [4.78, 5) is 12.5. The van der Waals surface area contributed by atoms with Gasteiger partial charge in [0.1, 0.15) is 5.75 Å². The third kappa shape index (κ3) is 5.12. The van der Waals surface area contributed by atoms with Crippen LogP contribution < -0.4 is 10.1 Å². The predicted octanol–water partition coefficient (Wildman–Crippen LogP) is 5.27. The average Bonchev–Trinajstić information content (AvgIpc) is 3.24. The third-order valence-corrected chi connectivity index (χ3v) is 5.32. The van der Waals surface area contributed by atoms with Crippen LogP contribution in [0.3, 0.4) is 0 Å². The number of rotatable bonds is 8. The highest BCUT2D eigenvalue weighted by Crippen LogP contribution is 2.29. The summed E-state index contributed by atoms with van der Waals surface area (Å²) in [6.07, 6.45) is 0. The number of aromatic nitrogens is 3.